The lowest BCUT2D eigenvalue weighted by Crippen LogP contribution is -2.74. The van der Waals surface area contributed by atoms with E-state index in [2.05, 4.69) is 0 Å². The van der Waals surface area contributed by atoms with E-state index in [4.69, 9.17) is 23.7 Å². The van der Waals surface area contributed by atoms with E-state index in [1.165, 1.54) is 6.92 Å². The maximum Gasteiger partial charge on any atom is 0.309 e. The zero-order chi connectivity index (χ0) is 17.3. The number of ether oxygens (including phenoxy) is 5. The molecule has 5 atom stereocenters. The second-order valence-electron chi connectivity index (χ2n) is 7.33. The summed E-state index contributed by atoms with van der Waals surface area (Å²) in [5.41, 5.74) is -1.97. The minimum absolute atomic E-state index is 0.0961. The number of aliphatic carboxylic acids is 1. The zero-order valence-corrected chi connectivity index (χ0v) is 14.0. The van der Waals surface area contributed by atoms with Gasteiger partial charge in [-0.15, -0.1) is 0 Å². The van der Waals surface area contributed by atoms with Gasteiger partial charge >= 0.3 is 5.97 Å². The van der Waals surface area contributed by atoms with Crippen molar-refractivity contribution >= 4 is 5.97 Å². The molecule has 3 heterocycles. The van der Waals surface area contributed by atoms with Gasteiger partial charge in [-0.25, -0.2) is 0 Å². The Morgan fingerprint density at radius 3 is 2.30 bits per heavy atom. The zero-order valence-electron chi connectivity index (χ0n) is 14.0. The molecule has 0 amide bonds. The van der Waals surface area contributed by atoms with Gasteiger partial charge in [-0.3, -0.25) is 4.79 Å². The number of hydrogen-bond acceptors (Lipinski definition) is 7. The number of hydrogen-bond donors (Lipinski definition) is 2. The molecule has 0 saturated carbocycles. The highest BCUT2D eigenvalue weighted by molar-refractivity contribution is 5.71. The fourth-order valence-corrected chi connectivity index (χ4v) is 3.64. The van der Waals surface area contributed by atoms with Gasteiger partial charge in [-0.2, -0.15) is 0 Å². The normalized spacial score (nSPS) is 45.8. The first kappa shape index (κ1) is 17.1. The highest BCUT2D eigenvalue weighted by atomic mass is 16.9. The highest BCUT2D eigenvalue weighted by Crippen LogP contribution is 2.52. The third kappa shape index (κ3) is 2.40. The van der Waals surface area contributed by atoms with Crippen LogP contribution in [0.15, 0.2) is 0 Å². The Kier molecular flexibility index (Phi) is 3.61. The van der Waals surface area contributed by atoms with Gasteiger partial charge in [0.05, 0.1) is 12.5 Å². The largest absolute Gasteiger partial charge is 0.481 e. The molecule has 0 unspecified atom stereocenters. The Morgan fingerprint density at radius 2 is 1.78 bits per heavy atom. The molecule has 3 aliphatic rings. The van der Waals surface area contributed by atoms with Crippen LogP contribution in [0.2, 0.25) is 0 Å². The molecule has 3 fully saturated rings. The standard InChI is InChI=1S/C15H24O8/c1-8(11(16)17)15(18)10-9(21-13(4,5)22-10)6-19-14(15)7-20-12(2,3)23-14/h8-10,18H,6-7H2,1-5H3,(H,16,17)/t8-,9-,10-,14+,15-/m1/s1. The summed E-state index contributed by atoms with van der Waals surface area (Å²) < 4.78 is 28.8. The minimum Gasteiger partial charge on any atom is -0.481 e. The van der Waals surface area contributed by atoms with E-state index in [-0.39, 0.29) is 13.2 Å². The van der Waals surface area contributed by atoms with Crippen LogP contribution in [-0.2, 0) is 28.5 Å². The lowest BCUT2D eigenvalue weighted by atomic mass is 9.73. The van der Waals surface area contributed by atoms with Crippen molar-refractivity contribution in [1.82, 2.24) is 0 Å². The Bertz CT molecular complexity index is 516. The molecular formula is C15H24O8. The fraction of sp³-hybridized carbons (Fsp3) is 0.933. The van der Waals surface area contributed by atoms with Crippen LogP contribution in [0.4, 0.5) is 0 Å². The van der Waals surface area contributed by atoms with Gasteiger partial charge in [0.2, 0.25) is 5.79 Å². The minimum atomic E-state index is -1.97. The maximum absolute atomic E-state index is 11.6. The van der Waals surface area contributed by atoms with E-state index in [1.54, 1.807) is 27.7 Å². The summed E-state index contributed by atoms with van der Waals surface area (Å²) in [7, 11) is 0. The van der Waals surface area contributed by atoms with E-state index >= 15 is 0 Å². The topological polar surface area (TPSA) is 104 Å². The van der Waals surface area contributed by atoms with Gasteiger partial charge < -0.3 is 33.9 Å². The van der Waals surface area contributed by atoms with Gasteiger partial charge in [-0.05, 0) is 34.6 Å². The van der Waals surface area contributed by atoms with Crippen molar-refractivity contribution in [3.63, 3.8) is 0 Å². The molecule has 132 valence electrons. The quantitative estimate of drug-likeness (QED) is 0.752. The molecule has 0 aliphatic carbocycles. The summed E-state index contributed by atoms with van der Waals surface area (Å²) in [6, 6.07) is 0. The number of carboxylic acids is 1. The van der Waals surface area contributed by atoms with E-state index < -0.39 is 47.1 Å². The van der Waals surface area contributed by atoms with Crippen LogP contribution in [0.1, 0.15) is 34.6 Å². The van der Waals surface area contributed by atoms with Crippen molar-refractivity contribution in [2.45, 2.75) is 69.8 Å². The summed E-state index contributed by atoms with van der Waals surface area (Å²) in [4.78, 5) is 11.6. The number of carboxylic acid groups (broad SMARTS) is 1. The summed E-state index contributed by atoms with van der Waals surface area (Å²) in [5, 5.41) is 21.0. The first-order chi connectivity index (χ1) is 10.4. The van der Waals surface area contributed by atoms with Crippen LogP contribution in [0.3, 0.4) is 0 Å². The van der Waals surface area contributed by atoms with E-state index in [0.717, 1.165) is 0 Å². The number of rotatable bonds is 2. The molecule has 0 aromatic carbocycles. The van der Waals surface area contributed by atoms with Crippen LogP contribution in [0.25, 0.3) is 0 Å². The first-order valence-electron chi connectivity index (χ1n) is 7.71. The predicted octanol–water partition coefficient (Wildman–Crippen LogP) is 0.468. The molecule has 3 rings (SSSR count). The first-order valence-corrected chi connectivity index (χ1v) is 7.71. The average Bonchev–Trinajstić information content (AvgIpc) is 2.91. The molecular weight excluding hydrogens is 308 g/mol. The average molecular weight is 332 g/mol. The molecule has 0 aromatic heterocycles. The van der Waals surface area contributed by atoms with Gasteiger partial charge in [0.15, 0.2) is 17.2 Å². The molecule has 1 spiro atoms. The molecule has 3 aliphatic heterocycles. The highest BCUT2D eigenvalue weighted by Gasteiger charge is 2.73. The van der Waals surface area contributed by atoms with Crippen molar-refractivity contribution in [2.24, 2.45) is 5.92 Å². The molecule has 3 saturated heterocycles. The lowest BCUT2D eigenvalue weighted by molar-refractivity contribution is -0.375. The van der Waals surface area contributed by atoms with Crippen molar-refractivity contribution < 1.29 is 38.7 Å². The summed E-state index contributed by atoms with van der Waals surface area (Å²) in [5.74, 6) is -5.98. The molecule has 8 nitrogen and oxygen atoms in total. The molecule has 2 N–H and O–H groups in total. The van der Waals surface area contributed by atoms with Gasteiger partial charge in [-0.1, -0.05) is 0 Å². The van der Waals surface area contributed by atoms with Crippen molar-refractivity contribution in [1.29, 1.82) is 0 Å². The molecule has 0 bridgehead atoms. The second-order valence-corrected chi connectivity index (χ2v) is 7.33. The monoisotopic (exact) mass is 332 g/mol. The third-order valence-corrected chi connectivity index (χ3v) is 4.76. The van der Waals surface area contributed by atoms with Crippen LogP contribution in [0.5, 0.6) is 0 Å². The van der Waals surface area contributed by atoms with E-state index in [1.807, 2.05) is 0 Å². The molecule has 23 heavy (non-hydrogen) atoms. The van der Waals surface area contributed by atoms with Crippen LogP contribution in [-0.4, -0.2) is 64.6 Å². The fourth-order valence-electron chi connectivity index (χ4n) is 3.64. The Morgan fingerprint density at radius 1 is 1.13 bits per heavy atom. The van der Waals surface area contributed by atoms with E-state index in [0.29, 0.717) is 0 Å². The van der Waals surface area contributed by atoms with Gasteiger partial charge in [0.1, 0.15) is 18.8 Å². The summed E-state index contributed by atoms with van der Waals surface area (Å²) >= 11 is 0. The maximum atomic E-state index is 11.6. The third-order valence-electron chi connectivity index (χ3n) is 4.76. The van der Waals surface area contributed by atoms with Crippen molar-refractivity contribution in [2.75, 3.05) is 13.2 Å². The Balaban J connectivity index is 2.06. The molecule has 0 aromatic rings. The number of carbonyl (C=O) groups is 1. The van der Waals surface area contributed by atoms with Crippen LogP contribution < -0.4 is 0 Å². The van der Waals surface area contributed by atoms with Crippen LogP contribution >= 0.6 is 0 Å². The number of aliphatic hydroxyl groups is 1. The van der Waals surface area contributed by atoms with Gasteiger partial charge in [0, 0.05) is 0 Å². The second kappa shape index (κ2) is 4.87. The summed E-state index contributed by atoms with van der Waals surface area (Å²) in [6.07, 6.45) is -1.50. The predicted molar refractivity (Wildman–Crippen MR) is 75.4 cm³/mol. The van der Waals surface area contributed by atoms with Crippen molar-refractivity contribution in [3.8, 4) is 0 Å². The van der Waals surface area contributed by atoms with Crippen molar-refractivity contribution in [3.05, 3.63) is 0 Å². The lowest BCUT2D eigenvalue weighted by Gasteiger charge is -2.52. The Labute approximate surface area is 134 Å². The van der Waals surface area contributed by atoms with Crippen LogP contribution in [0, 0.1) is 5.92 Å². The molecule has 8 heteroatoms. The van der Waals surface area contributed by atoms with Gasteiger partial charge in [0.25, 0.3) is 0 Å². The Hall–Kier alpha value is -0.770. The van der Waals surface area contributed by atoms with E-state index in [9.17, 15) is 15.0 Å². The number of fused-ring (bicyclic) bond motifs is 1. The summed E-state index contributed by atoms with van der Waals surface area (Å²) in [6.45, 7) is 8.19. The SMILES string of the molecule is C[C@H](C(=O)O)[C@@]1(O)[C@@H]2OC(C)(C)O[C@@H]2CO[C@]12COC(C)(C)O2. The molecule has 0 radical (unpaired) electrons. The smallest absolute Gasteiger partial charge is 0.309 e.